The minimum absolute atomic E-state index is 0.526. The van der Waals surface area contributed by atoms with Crippen LogP contribution in [0.1, 0.15) is 19.8 Å². The van der Waals surface area contributed by atoms with Crippen molar-refractivity contribution in [2.24, 2.45) is 0 Å². The molecule has 0 saturated heterocycles. The lowest BCUT2D eigenvalue weighted by Gasteiger charge is -2.08. The Balaban J connectivity index is 2.83. The first-order chi connectivity index (χ1) is 4.20. The van der Waals surface area contributed by atoms with Crippen LogP contribution >= 0.6 is 15.9 Å². The number of hydrogen-bond donors (Lipinski definition) is 1. The van der Waals surface area contributed by atoms with E-state index < -0.39 is 0 Å². The summed E-state index contributed by atoms with van der Waals surface area (Å²) in [6, 6.07) is 0. The molecular weight excluding hydrogens is 180 g/mol. The molecule has 1 aliphatic carbocycles. The molecule has 0 unspecified atom stereocenters. The van der Waals surface area contributed by atoms with Gasteiger partial charge in [0.15, 0.2) is 0 Å². The van der Waals surface area contributed by atoms with Crippen LogP contribution in [0.2, 0.25) is 0 Å². The van der Waals surface area contributed by atoms with Crippen LogP contribution in [-0.2, 0) is 0 Å². The van der Waals surface area contributed by atoms with E-state index in [2.05, 4.69) is 15.9 Å². The first-order valence-corrected chi connectivity index (χ1v) is 3.74. The maximum atomic E-state index is 9.11. The molecule has 9 heavy (non-hydrogen) atoms. The van der Waals surface area contributed by atoms with Crippen LogP contribution in [0.4, 0.5) is 0 Å². The van der Waals surface area contributed by atoms with E-state index in [1.807, 2.05) is 13.0 Å². The molecule has 0 fully saturated rings. The third-order valence-electron chi connectivity index (χ3n) is 1.43. The third kappa shape index (κ3) is 1.58. The first kappa shape index (κ1) is 6.87. The highest BCUT2D eigenvalue weighted by molar-refractivity contribution is 9.11. The Morgan fingerprint density at radius 1 is 1.56 bits per heavy atom. The van der Waals surface area contributed by atoms with E-state index in [1.54, 1.807) is 0 Å². The maximum Gasteiger partial charge on any atom is 0.0955 e. The Labute approximate surface area is 63.2 Å². The molecule has 1 rings (SSSR count). The second-order valence-electron chi connectivity index (χ2n) is 2.22. The van der Waals surface area contributed by atoms with Crippen LogP contribution in [0, 0.1) is 0 Å². The zero-order valence-electron chi connectivity index (χ0n) is 5.32. The Morgan fingerprint density at radius 3 is 2.67 bits per heavy atom. The molecule has 0 heterocycles. The molecule has 1 aliphatic rings. The van der Waals surface area contributed by atoms with E-state index in [-0.39, 0.29) is 0 Å². The molecule has 0 bridgehead atoms. The lowest BCUT2D eigenvalue weighted by Crippen LogP contribution is -1.92. The number of hydrogen-bond acceptors (Lipinski definition) is 1. The van der Waals surface area contributed by atoms with Crippen LogP contribution in [0.5, 0.6) is 0 Å². The van der Waals surface area contributed by atoms with Crippen molar-refractivity contribution in [2.75, 3.05) is 0 Å². The van der Waals surface area contributed by atoms with E-state index in [1.165, 1.54) is 4.48 Å². The van der Waals surface area contributed by atoms with Crippen molar-refractivity contribution >= 4 is 15.9 Å². The fourth-order valence-corrected chi connectivity index (χ4v) is 1.37. The summed E-state index contributed by atoms with van der Waals surface area (Å²) >= 11 is 3.37. The van der Waals surface area contributed by atoms with Gasteiger partial charge in [-0.3, -0.25) is 0 Å². The quantitative estimate of drug-likeness (QED) is 0.621. The summed E-state index contributed by atoms with van der Waals surface area (Å²) in [4.78, 5) is 0. The summed E-state index contributed by atoms with van der Waals surface area (Å²) in [7, 11) is 0. The van der Waals surface area contributed by atoms with Gasteiger partial charge in [0.25, 0.3) is 0 Å². The van der Waals surface area contributed by atoms with E-state index >= 15 is 0 Å². The lowest BCUT2D eigenvalue weighted by molar-refractivity contribution is 0.381. The van der Waals surface area contributed by atoms with Gasteiger partial charge in [0.2, 0.25) is 0 Å². The fraction of sp³-hybridized carbons (Fsp3) is 0.429. The van der Waals surface area contributed by atoms with Crippen molar-refractivity contribution in [3.8, 4) is 0 Å². The minimum atomic E-state index is 0.526. The van der Waals surface area contributed by atoms with Gasteiger partial charge in [0, 0.05) is 6.42 Å². The molecule has 50 valence electrons. The molecule has 0 atom stereocenters. The molecule has 0 radical (unpaired) electrons. The standard InChI is InChI=1S/C7H9BrO/c1-5-4-6(8)2-3-7(5)9/h4,9H,2-3H2,1H3. The summed E-state index contributed by atoms with van der Waals surface area (Å²) in [5.74, 6) is 0.526. The Bertz CT molecular complexity index is 179. The van der Waals surface area contributed by atoms with Crippen LogP contribution in [0.25, 0.3) is 0 Å². The van der Waals surface area contributed by atoms with Gasteiger partial charge < -0.3 is 5.11 Å². The molecule has 2 heteroatoms. The van der Waals surface area contributed by atoms with E-state index in [9.17, 15) is 0 Å². The lowest BCUT2D eigenvalue weighted by atomic mass is 10.1. The summed E-state index contributed by atoms with van der Waals surface area (Å²) in [5, 5.41) is 9.11. The van der Waals surface area contributed by atoms with Crippen LogP contribution in [-0.4, -0.2) is 5.11 Å². The van der Waals surface area contributed by atoms with Gasteiger partial charge in [-0.1, -0.05) is 15.9 Å². The average Bonchev–Trinajstić information content (AvgIpc) is 1.80. The van der Waals surface area contributed by atoms with Crippen molar-refractivity contribution in [2.45, 2.75) is 19.8 Å². The van der Waals surface area contributed by atoms with Crippen molar-refractivity contribution < 1.29 is 5.11 Å². The average molecular weight is 189 g/mol. The third-order valence-corrected chi connectivity index (χ3v) is 2.05. The van der Waals surface area contributed by atoms with Gasteiger partial charge in [-0.15, -0.1) is 0 Å². The number of aliphatic hydroxyl groups is 1. The summed E-state index contributed by atoms with van der Waals surface area (Å²) in [6.07, 6.45) is 3.67. The Hall–Kier alpha value is -0.240. The highest BCUT2D eigenvalue weighted by atomic mass is 79.9. The SMILES string of the molecule is CC1=C(O)CCC(Br)=C1. The zero-order valence-corrected chi connectivity index (χ0v) is 6.90. The van der Waals surface area contributed by atoms with Gasteiger partial charge in [-0.25, -0.2) is 0 Å². The fourth-order valence-electron chi connectivity index (χ4n) is 0.825. The van der Waals surface area contributed by atoms with Crippen molar-refractivity contribution in [3.05, 3.63) is 21.9 Å². The molecule has 1 nitrogen and oxygen atoms in total. The van der Waals surface area contributed by atoms with Crippen molar-refractivity contribution in [3.63, 3.8) is 0 Å². The first-order valence-electron chi connectivity index (χ1n) is 2.95. The zero-order chi connectivity index (χ0) is 6.85. The molecule has 0 aromatic rings. The molecule has 0 saturated carbocycles. The normalized spacial score (nSPS) is 20.0. The molecule has 1 N–H and O–H groups in total. The summed E-state index contributed by atoms with van der Waals surface area (Å²) in [5.41, 5.74) is 0.980. The predicted molar refractivity (Wildman–Crippen MR) is 41.6 cm³/mol. The second kappa shape index (κ2) is 2.56. The van der Waals surface area contributed by atoms with Gasteiger partial charge in [0.1, 0.15) is 0 Å². The van der Waals surface area contributed by atoms with Crippen molar-refractivity contribution in [1.82, 2.24) is 0 Å². The molecule has 0 aliphatic heterocycles. The predicted octanol–water partition coefficient (Wildman–Crippen LogP) is 2.89. The van der Waals surface area contributed by atoms with Crippen LogP contribution < -0.4 is 0 Å². The monoisotopic (exact) mass is 188 g/mol. The topological polar surface area (TPSA) is 20.2 Å². The highest BCUT2D eigenvalue weighted by Gasteiger charge is 2.05. The molecule has 0 aromatic heterocycles. The van der Waals surface area contributed by atoms with Gasteiger partial charge in [-0.05, 0) is 29.5 Å². The van der Waals surface area contributed by atoms with Gasteiger partial charge in [-0.2, -0.15) is 0 Å². The number of halogens is 1. The van der Waals surface area contributed by atoms with E-state index in [0.29, 0.717) is 5.76 Å². The summed E-state index contributed by atoms with van der Waals surface area (Å²) in [6.45, 7) is 1.91. The largest absolute Gasteiger partial charge is 0.512 e. The van der Waals surface area contributed by atoms with Gasteiger partial charge in [0.05, 0.1) is 5.76 Å². The maximum absolute atomic E-state index is 9.11. The smallest absolute Gasteiger partial charge is 0.0955 e. The molecular formula is C7H9BrO. The number of allylic oxidation sites excluding steroid dienone is 4. The second-order valence-corrected chi connectivity index (χ2v) is 3.24. The number of rotatable bonds is 0. The van der Waals surface area contributed by atoms with Crippen LogP contribution in [0.3, 0.4) is 0 Å². The Morgan fingerprint density at radius 2 is 2.22 bits per heavy atom. The minimum Gasteiger partial charge on any atom is -0.512 e. The van der Waals surface area contributed by atoms with Gasteiger partial charge >= 0.3 is 0 Å². The Kier molecular flexibility index (Phi) is 1.96. The van der Waals surface area contributed by atoms with Crippen LogP contribution in [0.15, 0.2) is 21.9 Å². The highest BCUT2D eigenvalue weighted by Crippen LogP contribution is 2.25. The molecule has 0 aromatic carbocycles. The van der Waals surface area contributed by atoms with Crippen molar-refractivity contribution in [1.29, 1.82) is 0 Å². The summed E-state index contributed by atoms with van der Waals surface area (Å²) < 4.78 is 1.18. The molecule has 0 amide bonds. The number of aliphatic hydroxyl groups excluding tert-OH is 1. The van der Waals surface area contributed by atoms with E-state index in [0.717, 1.165) is 18.4 Å². The molecule has 0 spiro atoms. The van der Waals surface area contributed by atoms with E-state index in [4.69, 9.17) is 5.11 Å².